The maximum absolute atomic E-state index is 14.2. The van der Waals surface area contributed by atoms with Crippen LogP contribution in [0.15, 0.2) is 42.9 Å². The highest BCUT2D eigenvalue weighted by molar-refractivity contribution is 5.78. The first kappa shape index (κ1) is 23.7. The van der Waals surface area contributed by atoms with Crippen LogP contribution < -0.4 is 5.32 Å². The molecule has 3 aromatic heterocycles. The molecule has 1 aromatic carbocycles. The van der Waals surface area contributed by atoms with Gasteiger partial charge in [-0.3, -0.25) is 9.78 Å². The van der Waals surface area contributed by atoms with Gasteiger partial charge in [-0.15, -0.1) is 0 Å². The molecule has 0 aliphatic carbocycles. The number of rotatable bonds is 6. The molecule has 5 rings (SSSR count). The molecule has 1 atom stereocenters. The van der Waals surface area contributed by atoms with Crippen LogP contribution in [0.2, 0.25) is 0 Å². The van der Waals surface area contributed by atoms with Gasteiger partial charge in [0.1, 0.15) is 11.4 Å². The van der Waals surface area contributed by atoms with Gasteiger partial charge < -0.3 is 15.0 Å². The van der Waals surface area contributed by atoms with Gasteiger partial charge in [-0.25, -0.2) is 14.2 Å². The molecule has 11 heteroatoms. The number of aromatic nitrogens is 6. The number of fused-ring (bicyclic) bond motifs is 1. The Labute approximate surface area is 207 Å². The number of hydrogen-bond acceptors (Lipinski definition) is 7. The van der Waals surface area contributed by atoms with E-state index >= 15 is 0 Å². The van der Waals surface area contributed by atoms with Crippen molar-refractivity contribution < 1.29 is 13.9 Å². The van der Waals surface area contributed by atoms with E-state index in [-0.39, 0.29) is 17.8 Å². The average molecular weight is 493 g/mol. The number of anilines is 2. The number of amides is 1. The number of likely N-dealkylation sites (tertiary alicyclic amines) is 1. The lowest BCUT2D eigenvalue weighted by molar-refractivity contribution is 0.0286. The number of aromatic amines is 1. The molecule has 1 aliphatic rings. The zero-order chi connectivity index (χ0) is 25.3. The van der Waals surface area contributed by atoms with Crippen molar-refractivity contribution in [2.75, 3.05) is 18.4 Å². The zero-order valence-corrected chi connectivity index (χ0v) is 20.5. The van der Waals surface area contributed by atoms with Crippen molar-refractivity contribution in [1.29, 1.82) is 0 Å². The summed E-state index contributed by atoms with van der Waals surface area (Å²) in [7, 11) is 0. The monoisotopic (exact) mass is 492 g/mol. The van der Waals surface area contributed by atoms with E-state index in [2.05, 4.69) is 30.6 Å². The molecule has 0 saturated carbocycles. The van der Waals surface area contributed by atoms with Crippen LogP contribution in [0, 0.1) is 11.7 Å². The number of halogens is 1. The number of carbonyl (C=O) groups excluding carboxylic acids is 1. The van der Waals surface area contributed by atoms with Gasteiger partial charge in [0.15, 0.2) is 5.65 Å². The number of nitrogens with one attached hydrogen (secondary N) is 2. The Bertz CT molecular complexity index is 1380. The second kappa shape index (κ2) is 9.56. The largest absolute Gasteiger partial charge is 0.444 e. The molecule has 0 spiro atoms. The van der Waals surface area contributed by atoms with E-state index in [1.807, 2.05) is 31.6 Å². The second-order valence-electron chi connectivity index (χ2n) is 10.1. The van der Waals surface area contributed by atoms with E-state index in [4.69, 9.17) is 4.74 Å². The Kier molecular flexibility index (Phi) is 6.29. The lowest BCUT2D eigenvalue weighted by Crippen LogP contribution is -2.35. The van der Waals surface area contributed by atoms with Crippen LogP contribution in [0.1, 0.15) is 38.4 Å². The Morgan fingerprint density at radius 2 is 2.08 bits per heavy atom. The van der Waals surface area contributed by atoms with Crippen LogP contribution in [0.3, 0.4) is 0 Å². The van der Waals surface area contributed by atoms with Gasteiger partial charge in [0.05, 0.1) is 29.2 Å². The first-order valence-electron chi connectivity index (χ1n) is 11.9. The maximum Gasteiger partial charge on any atom is 0.410 e. The summed E-state index contributed by atoms with van der Waals surface area (Å²) in [6, 6.07) is 6.65. The molecule has 188 valence electrons. The molecule has 2 N–H and O–H groups in total. The number of benzene rings is 1. The molecule has 4 aromatic rings. The summed E-state index contributed by atoms with van der Waals surface area (Å²) >= 11 is 0. The van der Waals surface area contributed by atoms with E-state index in [9.17, 15) is 9.18 Å². The van der Waals surface area contributed by atoms with Crippen LogP contribution in [0.25, 0.3) is 11.0 Å². The van der Waals surface area contributed by atoms with Crippen molar-refractivity contribution in [3.05, 3.63) is 59.9 Å². The molecule has 36 heavy (non-hydrogen) atoms. The minimum absolute atomic E-state index is 0.273. The summed E-state index contributed by atoms with van der Waals surface area (Å²) in [4.78, 5) is 23.2. The summed E-state index contributed by atoms with van der Waals surface area (Å²) < 4.78 is 21.6. The lowest BCUT2D eigenvalue weighted by atomic mass is 10.1. The van der Waals surface area contributed by atoms with E-state index in [0.717, 1.165) is 17.5 Å². The molecule has 1 fully saturated rings. The van der Waals surface area contributed by atoms with E-state index < -0.39 is 5.60 Å². The smallest absolute Gasteiger partial charge is 0.410 e. The molecular weight excluding hydrogens is 463 g/mol. The van der Waals surface area contributed by atoms with Gasteiger partial charge in [0.25, 0.3) is 0 Å². The fourth-order valence-electron chi connectivity index (χ4n) is 4.30. The highest BCUT2D eigenvalue weighted by Gasteiger charge is 2.30. The molecule has 1 saturated heterocycles. The molecule has 1 unspecified atom stereocenters. The summed E-state index contributed by atoms with van der Waals surface area (Å²) in [5.74, 6) is 0.380. The Morgan fingerprint density at radius 3 is 2.89 bits per heavy atom. The van der Waals surface area contributed by atoms with Crippen molar-refractivity contribution in [2.45, 2.75) is 45.8 Å². The van der Waals surface area contributed by atoms with Crippen molar-refractivity contribution in [3.63, 3.8) is 0 Å². The number of hydrogen-bond donors (Lipinski definition) is 2. The van der Waals surface area contributed by atoms with Crippen molar-refractivity contribution in [3.8, 4) is 0 Å². The summed E-state index contributed by atoms with van der Waals surface area (Å²) in [5, 5.41) is 15.3. The molecule has 0 bridgehead atoms. The first-order valence-corrected chi connectivity index (χ1v) is 11.9. The van der Waals surface area contributed by atoms with Crippen LogP contribution in [-0.4, -0.2) is 59.6 Å². The fraction of sp³-hybridized carbons (Fsp3) is 0.400. The Morgan fingerprint density at radius 1 is 1.25 bits per heavy atom. The van der Waals surface area contributed by atoms with Crippen LogP contribution >= 0.6 is 0 Å². The van der Waals surface area contributed by atoms with Crippen LogP contribution in [-0.2, 0) is 17.7 Å². The summed E-state index contributed by atoms with van der Waals surface area (Å²) in [5.41, 5.74) is 2.01. The van der Waals surface area contributed by atoms with Crippen molar-refractivity contribution in [1.82, 2.24) is 34.8 Å². The minimum Gasteiger partial charge on any atom is -0.444 e. The molecule has 1 amide bonds. The van der Waals surface area contributed by atoms with Gasteiger partial charge in [0, 0.05) is 32.3 Å². The van der Waals surface area contributed by atoms with E-state index in [1.54, 1.807) is 35.5 Å². The van der Waals surface area contributed by atoms with Crippen molar-refractivity contribution in [2.24, 2.45) is 5.92 Å². The predicted molar refractivity (Wildman–Crippen MR) is 132 cm³/mol. The third-order valence-electron chi connectivity index (χ3n) is 5.98. The number of H-pyrrole nitrogens is 1. The average Bonchev–Trinajstić information content (AvgIpc) is 3.56. The van der Waals surface area contributed by atoms with Gasteiger partial charge in [-0.2, -0.15) is 15.2 Å². The second-order valence-corrected chi connectivity index (χ2v) is 10.1. The normalized spacial score (nSPS) is 16.0. The van der Waals surface area contributed by atoms with E-state index in [1.165, 1.54) is 6.07 Å². The fourth-order valence-corrected chi connectivity index (χ4v) is 4.30. The molecule has 1 aliphatic heterocycles. The van der Waals surface area contributed by atoms with Gasteiger partial charge in [-0.05, 0) is 44.7 Å². The van der Waals surface area contributed by atoms with Crippen LogP contribution in [0.5, 0.6) is 0 Å². The maximum atomic E-state index is 14.2. The van der Waals surface area contributed by atoms with Gasteiger partial charge in [0.2, 0.25) is 5.95 Å². The highest BCUT2D eigenvalue weighted by Crippen LogP contribution is 2.24. The van der Waals surface area contributed by atoms with Gasteiger partial charge in [-0.1, -0.05) is 18.2 Å². The molecular formula is C25H29FN8O2. The quantitative estimate of drug-likeness (QED) is 0.413. The number of nitrogens with zero attached hydrogens (tertiary/aromatic N) is 6. The topological polar surface area (TPSA) is 114 Å². The highest BCUT2D eigenvalue weighted by atomic mass is 19.1. The number of ether oxygens (including phenoxy) is 1. The predicted octanol–water partition coefficient (Wildman–Crippen LogP) is 4.28. The zero-order valence-electron chi connectivity index (χ0n) is 20.5. The SMILES string of the molecule is CC(C)(C)OC(=O)N1CCC(Cn2cc(Nc3nc(Cc4ccccc4F)c4cn[nH]c4n3)cn2)C1. The van der Waals surface area contributed by atoms with E-state index in [0.29, 0.717) is 48.9 Å². The first-order chi connectivity index (χ1) is 17.2. The lowest BCUT2D eigenvalue weighted by Gasteiger charge is -2.24. The third kappa shape index (κ3) is 5.45. The minimum atomic E-state index is -0.506. The summed E-state index contributed by atoms with van der Waals surface area (Å²) in [6.07, 6.45) is 6.17. The van der Waals surface area contributed by atoms with Crippen LogP contribution in [0.4, 0.5) is 20.8 Å². The standard InChI is InChI=1S/C25H29FN8O2/c1-25(2,3)36-24(35)33-9-8-16(13-33)14-34-15-18(11-28-34)29-23-30-21(19-12-27-32-22(19)31-23)10-17-6-4-5-7-20(17)26/h4-7,11-12,15-16H,8-10,13-14H2,1-3H3,(H2,27,29,30,31,32). The third-order valence-corrected chi connectivity index (χ3v) is 5.98. The number of carbonyl (C=O) groups is 1. The molecule has 4 heterocycles. The Balaban J connectivity index is 1.25. The Hall–Kier alpha value is -4.02. The summed E-state index contributed by atoms with van der Waals surface area (Å²) in [6.45, 7) is 7.60. The molecule has 10 nitrogen and oxygen atoms in total. The van der Waals surface area contributed by atoms with Crippen molar-refractivity contribution >= 4 is 28.8 Å². The molecule has 0 radical (unpaired) electrons. The van der Waals surface area contributed by atoms with Gasteiger partial charge >= 0.3 is 6.09 Å².